The summed E-state index contributed by atoms with van der Waals surface area (Å²) in [6.45, 7) is 1.94. The number of nitrogens with zero attached hydrogens (tertiary/aromatic N) is 4. The predicted octanol–water partition coefficient (Wildman–Crippen LogP) is 3.70. The number of hydrogen-bond donors (Lipinski definition) is 1. The topological polar surface area (TPSA) is 78.7 Å². The zero-order valence-corrected chi connectivity index (χ0v) is 15.8. The van der Waals surface area contributed by atoms with Crippen molar-refractivity contribution in [3.05, 3.63) is 30.0 Å². The van der Waals surface area contributed by atoms with E-state index in [4.69, 9.17) is 4.98 Å². The number of rotatable bonds is 2. The van der Waals surface area contributed by atoms with Crippen LogP contribution in [0.5, 0.6) is 0 Å². The number of anilines is 1. The van der Waals surface area contributed by atoms with Crippen molar-refractivity contribution in [2.75, 3.05) is 5.32 Å². The molecule has 2 atom stereocenters. The Morgan fingerprint density at radius 2 is 2.20 bits per heavy atom. The molecule has 4 aromatic rings. The van der Waals surface area contributed by atoms with Crippen LogP contribution in [0.15, 0.2) is 34.2 Å². The minimum absolute atomic E-state index is 0.0847. The number of nitrogens with one attached hydrogen (secondary N) is 1. The second-order valence-corrected chi connectivity index (χ2v) is 9.64. The summed E-state index contributed by atoms with van der Waals surface area (Å²) in [6, 6.07) is 2.03. The Kier molecular flexibility index (Phi) is 3.39. The van der Waals surface area contributed by atoms with E-state index in [1.165, 1.54) is 11.3 Å². The molecule has 0 aliphatic carbocycles. The van der Waals surface area contributed by atoms with E-state index in [-0.39, 0.29) is 5.37 Å². The summed E-state index contributed by atoms with van der Waals surface area (Å²) < 4.78 is 15.4. The predicted molar refractivity (Wildman–Crippen MR) is 102 cm³/mol. The molecule has 2 unspecified atom stereocenters. The van der Waals surface area contributed by atoms with Gasteiger partial charge in [-0.2, -0.15) is 0 Å². The first kappa shape index (κ1) is 15.3. The molecule has 1 aliphatic rings. The Morgan fingerprint density at radius 1 is 1.32 bits per heavy atom. The standard InChI is InChI=1S/C16H13N5OS3/c1-8-19-12-11-9(13-17-3-5-21(13)2)7-10(14-18-4-6-23-14)20-15(11)24-16(12)25(8)22/h3-8,19H,1-2H3. The second kappa shape index (κ2) is 5.53. The summed E-state index contributed by atoms with van der Waals surface area (Å²) in [5, 5.41) is 7.08. The normalized spacial score (nSPS) is 19.3. The minimum Gasteiger partial charge on any atom is -0.609 e. The van der Waals surface area contributed by atoms with Gasteiger partial charge in [-0.25, -0.2) is 15.0 Å². The maximum atomic E-state index is 12.5. The average molecular weight is 388 g/mol. The number of aromatic nitrogens is 4. The van der Waals surface area contributed by atoms with Crippen LogP contribution in [0.25, 0.3) is 32.3 Å². The Morgan fingerprint density at radius 3 is 2.92 bits per heavy atom. The summed E-state index contributed by atoms with van der Waals surface area (Å²) in [5.41, 5.74) is 2.74. The van der Waals surface area contributed by atoms with Gasteiger partial charge < -0.3 is 14.4 Å². The lowest BCUT2D eigenvalue weighted by Gasteiger charge is -2.10. The van der Waals surface area contributed by atoms with Crippen molar-refractivity contribution in [2.24, 2.45) is 7.05 Å². The maximum Gasteiger partial charge on any atom is 0.234 e. The van der Waals surface area contributed by atoms with Gasteiger partial charge in [0, 0.05) is 54.7 Å². The fourth-order valence-corrected chi connectivity index (χ4v) is 6.43. The van der Waals surface area contributed by atoms with Gasteiger partial charge in [0.1, 0.15) is 27.0 Å². The van der Waals surface area contributed by atoms with Crippen LogP contribution < -0.4 is 5.32 Å². The van der Waals surface area contributed by atoms with Gasteiger partial charge in [0.2, 0.25) is 4.21 Å². The third-order valence-corrected chi connectivity index (χ3v) is 7.94. The largest absolute Gasteiger partial charge is 0.609 e. The molecule has 0 saturated carbocycles. The van der Waals surface area contributed by atoms with Crippen molar-refractivity contribution in [3.63, 3.8) is 0 Å². The Balaban J connectivity index is 1.85. The van der Waals surface area contributed by atoms with Crippen molar-refractivity contribution in [1.29, 1.82) is 0 Å². The summed E-state index contributed by atoms with van der Waals surface area (Å²) in [6.07, 6.45) is 5.48. The van der Waals surface area contributed by atoms with Crippen LogP contribution in [0.3, 0.4) is 0 Å². The molecule has 5 heterocycles. The van der Waals surface area contributed by atoms with E-state index in [1.54, 1.807) is 23.7 Å². The van der Waals surface area contributed by atoms with Gasteiger partial charge in [-0.1, -0.05) is 11.3 Å². The SMILES string of the molecule is CC1Nc2c(sc3nc(-c4nccs4)cc(-c4nccn4C)c23)[S+]1[O-]. The Labute approximate surface area is 154 Å². The first-order valence-corrected chi connectivity index (χ1v) is 10.6. The molecule has 0 bridgehead atoms. The van der Waals surface area contributed by atoms with Crippen LogP contribution in [0.2, 0.25) is 0 Å². The number of imidazole rings is 1. The van der Waals surface area contributed by atoms with Gasteiger partial charge in [-0.05, 0) is 6.07 Å². The minimum atomic E-state index is -1.05. The van der Waals surface area contributed by atoms with Gasteiger partial charge in [0.15, 0.2) is 5.37 Å². The van der Waals surface area contributed by atoms with Gasteiger partial charge in [0.05, 0.1) is 5.39 Å². The Bertz CT molecular complexity index is 1090. The molecule has 0 fully saturated rings. The lowest BCUT2D eigenvalue weighted by Crippen LogP contribution is -2.18. The van der Waals surface area contributed by atoms with E-state index in [9.17, 15) is 4.55 Å². The van der Waals surface area contributed by atoms with Crippen LogP contribution in [-0.4, -0.2) is 29.4 Å². The van der Waals surface area contributed by atoms with Crippen LogP contribution in [-0.2, 0) is 18.2 Å². The van der Waals surface area contributed by atoms with Gasteiger partial charge in [-0.15, -0.1) is 11.3 Å². The lowest BCUT2D eigenvalue weighted by molar-refractivity contribution is 0.593. The highest BCUT2D eigenvalue weighted by molar-refractivity contribution is 7.94. The van der Waals surface area contributed by atoms with E-state index in [2.05, 4.69) is 15.3 Å². The maximum absolute atomic E-state index is 12.5. The fraction of sp³-hybridized carbons (Fsp3) is 0.188. The van der Waals surface area contributed by atoms with Crippen molar-refractivity contribution in [1.82, 2.24) is 19.5 Å². The summed E-state index contributed by atoms with van der Waals surface area (Å²) in [7, 11) is 1.97. The molecule has 9 heteroatoms. The van der Waals surface area contributed by atoms with Crippen molar-refractivity contribution >= 4 is 49.8 Å². The average Bonchev–Trinajstić information content (AvgIpc) is 3.35. The first-order chi connectivity index (χ1) is 12.1. The number of thiazole rings is 1. The van der Waals surface area contributed by atoms with E-state index < -0.39 is 11.2 Å². The van der Waals surface area contributed by atoms with Crippen LogP contribution in [0, 0.1) is 0 Å². The number of fused-ring (bicyclic) bond motifs is 3. The zero-order chi connectivity index (χ0) is 17.1. The molecule has 0 aromatic carbocycles. The van der Waals surface area contributed by atoms with Gasteiger partial charge >= 0.3 is 0 Å². The molecule has 25 heavy (non-hydrogen) atoms. The third-order valence-electron chi connectivity index (χ3n) is 4.19. The molecule has 1 N–H and O–H groups in total. The summed E-state index contributed by atoms with van der Waals surface area (Å²) in [4.78, 5) is 14.6. The number of pyridine rings is 1. The van der Waals surface area contributed by atoms with Crippen molar-refractivity contribution in [2.45, 2.75) is 16.5 Å². The number of hydrogen-bond acceptors (Lipinski definition) is 7. The molecule has 6 nitrogen and oxygen atoms in total. The van der Waals surface area contributed by atoms with Gasteiger partial charge in [-0.3, -0.25) is 0 Å². The van der Waals surface area contributed by atoms with E-state index >= 15 is 0 Å². The number of thiophene rings is 1. The highest BCUT2D eigenvalue weighted by Gasteiger charge is 2.37. The third kappa shape index (κ3) is 2.23. The molecule has 0 amide bonds. The molecular weight excluding hydrogens is 374 g/mol. The highest BCUT2D eigenvalue weighted by Crippen LogP contribution is 2.48. The molecule has 4 aromatic heterocycles. The Hall–Kier alpha value is -1.94. The van der Waals surface area contributed by atoms with E-state index in [0.29, 0.717) is 0 Å². The van der Waals surface area contributed by atoms with Crippen LogP contribution >= 0.6 is 22.7 Å². The molecule has 0 radical (unpaired) electrons. The highest BCUT2D eigenvalue weighted by atomic mass is 32.2. The second-order valence-electron chi connectivity index (χ2n) is 5.78. The van der Waals surface area contributed by atoms with Crippen LogP contribution in [0.1, 0.15) is 6.92 Å². The summed E-state index contributed by atoms with van der Waals surface area (Å²) in [5.74, 6) is 0.859. The molecular formula is C16H13N5OS3. The van der Waals surface area contributed by atoms with E-state index in [1.807, 2.05) is 36.2 Å². The van der Waals surface area contributed by atoms with Gasteiger partial charge in [0.25, 0.3) is 0 Å². The monoisotopic (exact) mass is 387 g/mol. The molecule has 126 valence electrons. The molecule has 0 saturated heterocycles. The fourth-order valence-electron chi connectivity index (χ4n) is 3.03. The molecule has 0 spiro atoms. The quantitative estimate of drug-likeness (QED) is 0.531. The zero-order valence-electron chi connectivity index (χ0n) is 13.4. The first-order valence-electron chi connectivity index (χ1n) is 7.65. The molecule has 1 aliphatic heterocycles. The number of aryl methyl sites for hydroxylation is 1. The van der Waals surface area contributed by atoms with Crippen LogP contribution in [0.4, 0.5) is 5.69 Å². The lowest BCUT2D eigenvalue weighted by atomic mass is 10.1. The van der Waals surface area contributed by atoms with E-state index in [0.717, 1.165) is 42.2 Å². The van der Waals surface area contributed by atoms with Crippen molar-refractivity contribution < 1.29 is 4.55 Å². The van der Waals surface area contributed by atoms with Crippen molar-refractivity contribution in [3.8, 4) is 22.1 Å². The molecule has 5 rings (SSSR count). The smallest absolute Gasteiger partial charge is 0.234 e. The summed E-state index contributed by atoms with van der Waals surface area (Å²) >= 11 is 2.00.